The van der Waals surface area contributed by atoms with Crippen LogP contribution >= 0.6 is 0 Å². The molecule has 2 aromatic heterocycles. The molecule has 3 rings (SSSR count). The molecule has 0 radical (unpaired) electrons. The molecule has 1 aliphatic rings. The highest BCUT2D eigenvalue weighted by atomic mass is 15.3. The molecule has 17 heavy (non-hydrogen) atoms. The summed E-state index contributed by atoms with van der Waals surface area (Å²) in [6.45, 7) is 0.758. The third-order valence-electron chi connectivity index (χ3n) is 3.49. The highest BCUT2D eigenvalue weighted by Crippen LogP contribution is 2.29. The minimum absolute atomic E-state index is 0.0561. The topological polar surface area (TPSA) is 81.7 Å². The fourth-order valence-electron chi connectivity index (χ4n) is 2.17. The van der Waals surface area contributed by atoms with E-state index in [1.54, 1.807) is 17.2 Å². The Balaban J connectivity index is 1.85. The van der Waals surface area contributed by atoms with Crippen LogP contribution in [-0.4, -0.2) is 31.8 Å². The standard InChI is InChI=1S/C11H16N6/c1-17-10-8(5-16-17)9(14-7-15-10)13-6-11(12)3-2-4-11/h5,7H,2-4,6,12H2,1H3,(H,13,14,15). The Morgan fingerprint density at radius 1 is 1.47 bits per heavy atom. The number of rotatable bonds is 3. The van der Waals surface area contributed by atoms with Gasteiger partial charge in [-0.3, -0.25) is 4.68 Å². The number of anilines is 1. The van der Waals surface area contributed by atoms with Gasteiger partial charge >= 0.3 is 0 Å². The summed E-state index contributed by atoms with van der Waals surface area (Å²) in [4.78, 5) is 8.45. The van der Waals surface area contributed by atoms with Crippen LogP contribution in [0.3, 0.4) is 0 Å². The van der Waals surface area contributed by atoms with Crippen LogP contribution < -0.4 is 11.1 Å². The maximum absolute atomic E-state index is 6.17. The van der Waals surface area contributed by atoms with Gasteiger partial charge in [0.1, 0.15) is 12.1 Å². The molecule has 0 bridgehead atoms. The fourth-order valence-corrected chi connectivity index (χ4v) is 2.17. The number of fused-ring (bicyclic) bond motifs is 1. The van der Waals surface area contributed by atoms with Crippen molar-refractivity contribution in [2.45, 2.75) is 24.8 Å². The number of hydrogen-bond donors (Lipinski definition) is 2. The molecule has 0 amide bonds. The van der Waals surface area contributed by atoms with Gasteiger partial charge in [0.05, 0.1) is 11.6 Å². The summed E-state index contributed by atoms with van der Waals surface area (Å²) in [5.41, 5.74) is 6.95. The van der Waals surface area contributed by atoms with E-state index in [-0.39, 0.29) is 5.54 Å². The molecule has 6 nitrogen and oxygen atoms in total. The van der Waals surface area contributed by atoms with E-state index < -0.39 is 0 Å². The van der Waals surface area contributed by atoms with Gasteiger partial charge in [-0.15, -0.1) is 0 Å². The molecule has 0 saturated heterocycles. The molecule has 1 aliphatic carbocycles. The summed E-state index contributed by atoms with van der Waals surface area (Å²) in [6.07, 6.45) is 6.73. The molecule has 0 spiro atoms. The van der Waals surface area contributed by atoms with Crippen molar-refractivity contribution >= 4 is 16.9 Å². The average Bonchev–Trinajstić information content (AvgIpc) is 2.67. The van der Waals surface area contributed by atoms with Crippen molar-refractivity contribution in [3.63, 3.8) is 0 Å². The molecule has 1 fully saturated rings. The Bertz CT molecular complexity index is 542. The second-order valence-electron chi connectivity index (χ2n) is 4.80. The van der Waals surface area contributed by atoms with E-state index in [0.29, 0.717) is 0 Å². The highest BCUT2D eigenvalue weighted by molar-refractivity contribution is 5.85. The van der Waals surface area contributed by atoms with Crippen molar-refractivity contribution < 1.29 is 0 Å². The van der Waals surface area contributed by atoms with Crippen molar-refractivity contribution in [3.8, 4) is 0 Å². The molecule has 0 aromatic carbocycles. The summed E-state index contributed by atoms with van der Waals surface area (Å²) in [5.74, 6) is 0.819. The Morgan fingerprint density at radius 3 is 3.00 bits per heavy atom. The minimum atomic E-state index is -0.0561. The number of aromatic nitrogens is 4. The van der Waals surface area contributed by atoms with Gasteiger partial charge in [-0.25, -0.2) is 9.97 Å². The lowest BCUT2D eigenvalue weighted by Gasteiger charge is -2.38. The quantitative estimate of drug-likeness (QED) is 0.812. The van der Waals surface area contributed by atoms with E-state index in [4.69, 9.17) is 5.73 Å². The summed E-state index contributed by atoms with van der Waals surface area (Å²) in [6, 6.07) is 0. The Morgan fingerprint density at radius 2 is 2.29 bits per heavy atom. The largest absolute Gasteiger partial charge is 0.368 e. The van der Waals surface area contributed by atoms with Gasteiger partial charge < -0.3 is 11.1 Å². The third-order valence-corrected chi connectivity index (χ3v) is 3.49. The average molecular weight is 232 g/mol. The van der Waals surface area contributed by atoms with E-state index in [1.807, 2.05) is 7.05 Å². The van der Waals surface area contributed by atoms with Crippen LogP contribution in [0.2, 0.25) is 0 Å². The maximum atomic E-state index is 6.17. The molecule has 2 heterocycles. The summed E-state index contributed by atoms with van der Waals surface area (Å²) in [5, 5.41) is 8.43. The van der Waals surface area contributed by atoms with E-state index in [2.05, 4.69) is 20.4 Å². The van der Waals surface area contributed by atoms with Gasteiger partial charge in [0.15, 0.2) is 5.65 Å². The van der Waals surface area contributed by atoms with E-state index in [9.17, 15) is 0 Å². The Kier molecular flexibility index (Phi) is 2.25. The minimum Gasteiger partial charge on any atom is -0.368 e. The lowest BCUT2D eigenvalue weighted by Crippen LogP contribution is -2.52. The molecule has 2 aromatic rings. The van der Waals surface area contributed by atoms with Gasteiger partial charge in [-0.2, -0.15) is 5.10 Å². The lowest BCUT2D eigenvalue weighted by molar-refractivity contribution is 0.265. The summed E-state index contributed by atoms with van der Waals surface area (Å²) in [7, 11) is 1.87. The summed E-state index contributed by atoms with van der Waals surface area (Å²) >= 11 is 0. The Hall–Kier alpha value is -1.69. The zero-order valence-corrected chi connectivity index (χ0v) is 9.85. The predicted molar refractivity (Wildman–Crippen MR) is 65.6 cm³/mol. The van der Waals surface area contributed by atoms with E-state index >= 15 is 0 Å². The molecule has 1 saturated carbocycles. The molecular formula is C11H16N6. The third kappa shape index (κ3) is 1.74. The second kappa shape index (κ2) is 3.66. The zero-order valence-electron chi connectivity index (χ0n) is 9.85. The zero-order chi connectivity index (χ0) is 11.9. The van der Waals surface area contributed by atoms with Gasteiger partial charge in [-0.1, -0.05) is 0 Å². The fraction of sp³-hybridized carbons (Fsp3) is 0.545. The smallest absolute Gasteiger partial charge is 0.163 e. The van der Waals surface area contributed by atoms with Crippen LogP contribution in [0, 0.1) is 0 Å². The van der Waals surface area contributed by atoms with Crippen LogP contribution in [0.25, 0.3) is 11.0 Å². The van der Waals surface area contributed by atoms with Crippen LogP contribution in [0.4, 0.5) is 5.82 Å². The van der Waals surface area contributed by atoms with Crippen LogP contribution in [0.5, 0.6) is 0 Å². The molecular weight excluding hydrogens is 216 g/mol. The van der Waals surface area contributed by atoms with Crippen LogP contribution in [-0.2, 0) is 7.05 Å². The number of nitrogens with one attached hydrogen (secondary N) is 1. The Labute approximate surface area is 99.2 Å². The van der Waals surface area contributed by atoms with Crippen LogP contribution in [0.15, 0.2) is 12.5 Å². The first-order valence-corrected chi connectivity index (χ1v) is 5.83. The first-order chi connectivity index (χ1) is 8.18. The number of nitrogens with two attached hydrogens (primary N) is 1. The van der Waals surface area contributed by atoms with Crippen molar-refractivity contribution in [1.29, 1.82) is 0 Å². The molecule has 0 atom stereocenters. The van der Waals surface area contributed by atoms with E-state index in [0.717, 1.165) is 36.2 Å². The van der Waals surface area contributed by atoms with Crippen molar-refractivity contribution in [1.82, 2.24) is 19.7 Å². The van der Waals surface area contributed by atoms with Gasteiger partial charge in [-0.05, 0) is 19.3 Å². The monoisotopic (exact) mass is 232 g/mol. The molecule has 90 valence electrons. The molecule has 0 unspecified atom stereocenters. The number of aryl methyl sites for hydroxylation is 1. The van der Waals surface area contributed by atoms with Crippen molar-refractivity contribution in [3.05, 3.63) is 12.5 Å². The first-order valence-electron chi connectivity index (χ1n) is 5.83. The normalized spacial score (nSPS) is 18.0. The van der Waals surface area contributed by atoms with Gasteiger partial charge in [0, 0.05) is 19.1 Å². The maximum Gasteiger partial charge on any atom is 0.163 e. The second-order valence-corrected chi connectivity index (χ2v) is 4.80. The van der Waals surface area contributed by atoms with Crippen molar-refractivity contribution in [2.75, 3.05) is 11.9 Å². The molecule has 0 aliphatic heterocycles. The number of nitrogens with zero attached hydrogens (tertiary/aromatic N) is 4. The van der Waals surface area contributed by atoms with Gasteiger partial charge in [0.25, 0.3) is 0 Å². The lowest BCUT2D eigenvalue weighted by atomic mass is 9.78. The molecule has 3 N–H and O–H groups in total. The van der Waals surface area contributed by atoms with Crippen LogP contribution in [0.1, 0.15) is 19.3 Å². The highest BCUT2D eigenvalue weighted by Gasteiger charge is 2.32. The summed E-state index contributed by atoms with van der Waals surface area (Å²) < 4.78 is 1.74. The molecule has 6 heteroatoms. The predicted octanol–water partition coefficient (Wildman–Crippen LogP) is 0.657. The van der Waals surface area contributed by atoms with Crippen molar-refractivity contribution in [2.24, 2.45) is 12.8 Å². The first kappa shape index (κ1) is 10.5. The van der Waals surface area contributed by atoms with Gasteiger partial charge in [0.2, 0.25) is 0 Å². The number of hydrogen-bond acceptors (Lipinski definition) is 5. The SMILES string of the molecule is Cn1ncc2c(NCC3(N)CCC3)ncnc21. The van der Waals surface area contributed by atoms with E-state index in [1.165, 1.54) is 6.42 Å².